The molecular formula is C22H22F3N3O2S. The number of carbonyl (C=O) groups is 1. The second-order valence-electron chi connectivity index (χ2n) is 6.86. The first-order valence-corrected chi connectivity index (χ1v) is 10.5. The molecule has 0 bridgehead atoms. The lowest BCUT2D eigenvalue weighted by atomic mass is 10.2. The fourth-order valence-corrected chi connectivity index (χ4v) is 3.85. The highest BCUT2D eigenvalue weighted by Crippen LogP contribution is 2.27. The maximum Gasteiger partial charge on any atom is 0.238 e. The monoisotopic (exact) mass is 449 g/mol. The van der Waals surface area contributed by atoms with Gasteiger partial charge in [0.1, 0.15) is 10.8 Å². The molecule has 1 N–H and O–H groups in total. The molecule has 1 aromatic heterocycles. The fraction of sp³-hybridized carbons (Fsp3) is 0.273. The quantitative estimate of drug-likeness (QED) is 0.463. The van der Waals surface area contributed by atoms with Gasteiger partial charge in [-0.1, -0.05) is 19.1 Å². The van der Waals surface area contributed by atoms with Gasteiger partial charge in [0.05, 0.1) is 25.0 Å². The van der Waals surface area contributed by atoms with Gasteiger partial charge in [0.15, 0.2) is 17.5 Å². The summed E-state index contributed by atoms with van der Waals surface area (Å²) in [5.41, 5.74) is 1.33. The van der Waals surface area contributed by atoms with Gasteiger partial charge in [-0.05, 0) is 37.2 Å². The number of methoxy groups -OCH3 is 1. The number of nitrogens with zero attached hydrogens (tertiary/aromatic N) is 2. The Balaban J connectivity index is 1.67. The second-order valence-corrected chi connectivity index (χ2v) is 7.72. The van der Waals surface area contributed by atoms with Crippen LogP contribution in [0.15, 0.2) is 41.8 Å². The van der Waals surface area contributed by atoms with Crippen molar-refractivity contribution >= 4 is 22.9 Å². The first-order chi connectivity index (χ1) is 14.9. The van der Waals surface area contributed by atoms with E-state index in [2.05, 4.69) is 10.3 Å². The Bertz CT molecular complexity index is 1060. The van der Waals surface area contributed by atoms with Crippen LogP contribution in [-0.4, -0.2) is 36.0 Å². The molecule has 5 nitrogen and oxygen atoms in total. The number of ether oxygens (including phenoxy) is 1. The van der Waals surface area contributed by atoms with E-state index < -0.39 is 29.0 Å². The molecule has 0 spiro atoms. The maximum absolute atomic E-state index is 13.8. The van der Waals surface area contributed by atoms with Crippen LogP contribution in [0.4, 0.5) is 18.9 Å². The van der Waals surface area contributed by atoms with Crippen LogP contribution in [0.1, 0.15) is 19.0 Å². The summed E-state index contributed by atoms with van der Waals surface area (Å²) in [6, 6.07) is 9.36. The standard InChI is InChI=1S/C22H22F3N3O2S/c1-3-9-28(12-19(29)27-18-8-7-17(23)20(24)21(18)25)11-15-13-31-22(26-15)14-5-4-6-16(10-14)30-2/h4-8,10,13H,3,9,11-12H2,1-2H3,(H,27,29). The maximum atomic E-state index is 13.8. The van der Waals surface area contributed by atoms with Gasteiger partial charge in [0.25, 0.3) is 0 Å². The average molecular weight is 449 g/mol. The smallest absolute Gasteiger partial charge is 0.238 e. The lowest BCUT2D eigenvalue weighted by Crippen LogP contribution is -2.33. The predicted octanol–water partition coefficient (Wildman–Crippen LogP) is 5.09. The number of amides is 1. The van der Waals surface area contributed by atoms with Gasteiger partial charge in [0, 0.05) is 17.5 Å². The SMILES string of the molecule is CCCN(CC(=O)Nc1ccc(F)c(F)c1F)Cc1csc(-c2cccc(OC)c2)n1. The number of hydrogen-bond donors (Lipinski definition) is 1. The lowest BCUT2D eigenvalue weighted by molar-refractivity contribution is -0.117. The fourth-order valence-electron chi connectivity index (χ4n) is 3.04. The molecule has 1 amide bonds. The van der Waals surface area contributed by atoms with Crippen molar-refractivity contribution in [2.45, 2.75) is 19.9 Å². The molecule has 0 unspecified atom stereocenters. The summed E-state index contributed by atoms with van der Waals surface area (Å²) in [7, 11) is 1.60. The van der Waals surface area contributed by atoms with Gasteiger partial charge < -0.3 is 10.1 Å². The Morgan fingerprint density at radius 1 is 1.19 bits per heavy atom. The number of nitrogens with one attached hydrogen (secondary N) is 1. The van der Waals surface area contributed by atoms with Crippen molar-refractivity contribution < 1.29 is 22.7 Å². The molecule has 0 fully saturated rings. The van der Waals surface area contributed by atoms with Crippen LogP contribution in [-0.2, 0) is 11.3 Å². The summed E-state index contributed by atoms with van der Waals surface area (Å²) in [4.78, 5) is 18.9. The third-order valence-corrected chi connectivity index (χ3v) is 5.41. The first kappa shape index (κ1) is 22.8. The van der Waals surface area contributed by atoms with E-state index in [4.69, 9.17) is 4.74 Å². The molecule has 0 aliphatic heterocycles. The van der Waals surface area contributed by atoms with Gasteiger partial charge in [-0.2, -0.15) is 0 Å². The minimum Gasteiger partial charge on any atom is -0.497 e. The summed E-state index contributed by atoms with van der Waals surface area (Å²) >= 11 is 1.49. The van der Waals surface area contributed by atoms with Crippen LogP contribution in [0.3, 0.4) is 0 Å². The van der Waals surface area contributed by atoms with Crippen molar-refractivity contribution in [3.8, 4) is 16.3 Å². The Morgan fingerprint density at radius 2 is 2.00 bits per heavy atom. The normalized spacial score (nSPS) is 11.0. The molecular weight excluding hydrogens is 427 g/mol. The molecule has 0 aliphatic carbocycles. The summed E-state index contributed by atoms with van der Waals surface area (Å²) < 4.78 is 45.5. The van der Waals surface area contributed by atoms with Crippen molar-refractivity contribution in [2.24, 2.45) is 0 Å². The Morgan fingerprint density at radius 3 is 2.74 bits per heavy atom. The molecule has 1 heterocycles. The summed E-state index contributed by atoms with van der Waals surface area (Å²) in [5.74, 6) is -4.13. The predicted molar refractivity (Wildman–Crippen MR) is 115 cm³/mol. The average Bonchev–Trinajstić information content (AvgIpc) is 3.23. The van der Waals surface area contributed by atoms with Crippen LogP contribution in [0.25, 0.3) is 10.6 Å². The van der Waals surface area contributed by atoms with Crippen molar-refractivity contribution in [1.29, 1.82) is 0 Å². The van der Waals surface area contributed by atoms with E-state index in [1.54, 1.807) is 7.11 Å². The third-order valence-electron chi connectivity index (χ3n) is 4.47. The van der Waals surface area contributed by atoms with Crippen LogP contribution in [0.2, 0.25) is 0 Å². The third kappa shape index (κ3) is 5.83. The highest BCUT2D eigenvalue weighted by atomic mass is 32.1. The van der Waals surface area contributed by atoms with Crippen LogP contribution in [0.5, 0.6) is 5.75 Å². The van der Waals surface area contributed by atoms with Gasteiger partial charge >= 0.3 is 0 Å². The first-order valence-electron chi connectivity index (χ1n) is 9.65. The van der Waals surface area contributed by atoms with Crippen LogP contribution in [0, 0.1) is 17.5 Å². The van der Waals surface area contributed by atoms with E-state index >= 15 is 0 Å². The van der Waals surface area contributed by atoms with E-state index in [1.807, 2.05) is 41.5 Å². The van der Waals surface area contributed by atoms with Gasteiger partial charge in [-0.25, -0.2) is 18.2 Å². The number of aromatic nitrogens is 1. The number of hydrogen-bond acceptors (Lipinski definition) is 5. The van der Waals surface area contributed by atoms with Gasteiger partial charge in [-0.3, -0.25) is 9.69 Å². The van der Waals surface area contributed by atoms with Crippen LogP contribution >= 0.6 is 11.3 Å². The molecule has 0 saturated heterocycles. The van der Waals surface area contributed by atoms with Gasteiger partial charge in [-0.15, -0.1) is 11.3 Å². The molecule has 0 radical (unpaired) electrons. The zero-order valence-corrected chi connectivity index (χ0v) is 17.9. The molecule has 0 saturated carbocycles. The van der Waals surface area contributed by atoms with E-state index in [0.717, 1.165) is 40.6 Å². The molecule has 164 valence electrons. The van der Waals surface area contributed by atoms with E-state index in [0.29, 0.717) is 13.1 Å². The van der Waals surface area contributed by atoms with E-state index in [-0.39, 0.29) is 6.54 Å². The zero-order chi connectivity index (χ0) is 22.4. The number of carbonyl (C=O) groups excluding carboxylic acids is 1. The molecule has 31 heavy (non-hydrogen) atoms. The molecule has 3 rings (SSSR count). The highest BCUT2D eigenvalue weighted by Gasteiger charge is 2.18. The summed E-state index contributed by atoms with van der Waals surface area (Å²) in [6.45, 7) is 2.96. The molecule has 0 aliphatic rings. The van der Waals surface area contributed by atoms with Crippen molar-refractivity contribution in [3.63, 3.8) is 0 Å². The lowest BCUT2D eigenvalue weighted by Gasteiger charge is -2.20. The zero-order valence-electron chi connectivity index (χ0n) is 17.1. The molecule has 9 heteroatoms. The van der Waals surface area contributed by atoms with Crippen molar-refractivity contribution in [2.75, 3.05) is 25.5 Å². The highest BCUT2D eigenvalue weighted by molar-refractivity contribution is 7.13. The summed E-state index contributed by atoms with van der Waals surface area (Å²) in [6.07, 6.45) is 0.791. The molecule has 3 aromatic rings. The summed E-state index contributed by atoms with van der Waals surface area (Å²) in [5, 5.41) is 5.06. The number of halogens is 3. The Kier molecular flexibility index (Phi) is 7.64. The van der Waals surface area contributed by atoms with E-state index in [9.17, 15) is 18.0 Å². The number of benzene rings is 2. The van der Waals surface area contributed by atoms with Gasteiger partial charge in [0.2, 0.25) is 5.91 Å². The second kappa shape index (κ2) is 10.4. The largest absolute Gasteiger partial charge is 0.497 e. The molecule has 2 aromatic carbocycles. The molecule has 0 atom stereocenters. The number of anilines is 1. The van der Waals surface area contributed by atoms with E-state index in [1.165, 1.54) is 11.3 Å². The topological polar surface area (TPSA) is 54.5 Å². The minimum absolute atomic E-state index is 0.0434. The van der Waals surface area contributed by atoms with Crippen molar-refractivity contribution in [1.82, 2.24) is 9.88 Å². The Labute approximate surface area is 182 Å². The number of thiazole rings is 1. The minimum atomic E-state index is -1.62. The van der Waals surface area contributed by atoms with Crippen molar-refractivity contribution in [3.05, 3.63) is 64.9 Å². The number of rotatable bonds is 9. The van der Waals surface area contributed by atoms with Crippen LogP contribution < -0.4 is 10.1 Å². The Hall–Kier alpha value is -2.91.